The van der Waals surface area contributed by atoms with Crippen LogP contribution in [0.2, 0.25) is 0 Å². The predicted molar refractivity (Wildman–Crippen MR) is 96.2 cm³/mol. The van der Waals surface area contributed by atoms with Gasteiger partial charge in [-0.3, -0.25) is 9.93 Å². The summed E-state index contributed by atoms with van der Waals surface area (Å²) in [5, 5.41) is 10.4. The van der Waals surface area contributed by atoms with Gasteiger partial charge in [0.25, 0.3) is 5.56 Å². The van der Waals surface area contributed by atoms with Crippen LogP contribution in [0, 0.1) is 13.8 Å². The van der Waals surface area contributed by atoms with Crippen molar-refractivity contribution < 1.29 is 0 Å². The fraction of sp³-hybridized carbons (Fsp3) is 0.176. The third-order valence-corrected chi connectivity index (χ3v) is 4.46. The normalized spacial score (nSPS) is 11.0. The summed E-state index contributed by atoms with van der Waals surface area (Å²) in [6.45, 7) is 3.92. The number of nitrogens with zero attached hydrogens (tertiary/aromatic N) is 2. The van der Waals surface area contributed by atoms with Crippen LogP contribution in [0.5, 0.6) is 0 Å². The first-order chi connectivity index (χ1) is 11.0. The van der Waals surface area contributed by atoms with Crippen LogP contribution in [0.15, 0.2) is 46.2 Å². The van der Waals surface area contributed by atoms with Crippen LogP contribution < -0.4 is 16.0 Å². The fourth-order valence-electron chi connectivity index (χ4n) is 2.52. The van der Waals surface area contributed by atoms with E-state index in [2.05, 4.69) is 10.3 Å². The Kier molecular flexibility index (Phi) is 4.11. The van der Waals surface area contributed by atoms with E-state index in [1.165, 1.54) is 11.9 Å². The van der Waals surface area contributed by atoms with Gasteiger partial charge in [-0.2, -0.15) is 0 Å². The molecule has 0 saturated heterocycles. The minimum absolute atomic E-state index is 0.0713. The maximum atomic E-state index is 12.5. The predicted octanol–water partition coefficient (Wildman–Crippen LogP) is 3.26. The Morgan fingerprint density at radius 3 is 2.74 bits per heavy atom. The molecule has 1 aromatic carbocycles. The van der Waals surface area contributed by atoms with Crippen molar-refractivity contribution in [3.63, 3.8) is 0 Å². The molecule has 0 amide bonds. The van der Waals surface area contributed by atoms with E-state index in [0.29, 0.717) is 11.2 Å². The number of aryl methyl sites for hydroxylation is 3. The zero-order valence-corrected chi connectivity index (χ0v) is 14.1. The number of aromatic nitrogens is 2. The molecule has 3 aromatic rings. The van der Waals surface area contributed by atoms with Crippen molar-refractivity contribution in [3.8, 4) is 0 Å². The highest BCUT2D eigenvalue weighted by Gasteiger charge is 2.10. The first kappa shape index (κ1) is 15.6. The van der Waals surface area contributed by atoms with E-state index in [4.69, 9.17) is 5.14 Å². The van der Waals surface area contributed by atoms with E-state index < -0.39 is 0 Å². The summed E-state index contributed by atoms with van der Waals surface area (Å²) >= 11 is 1.21. The van der Waals surface area contributed by atoms with Gasteiger partial charge in [0.2, 0.25) is 0 Å². The number of benzene rings is 1. The number of anilines is 2. The summed E-state index contributed by atoms with van der Waals surface area (Å²) in [6.07, 6.45) is 1.77. The second-order valence-corrected chi connectivity index (χ2v) is 6.21. The number of rotatable bonds is 3. The smallest absolute Gasteiger partial charge is 0.261 e. The summed E-state index contributed by atoms with van der Waals surface area (Å²) < 4.78 is 1.56. The second-order valence-electron chi connectivity index (χ2n) is 5.53. The summed E-state index contributed by atoms with van der Waals surface area (Å²) in [5.74, 6) is 0.568. The van der Waals surface area contributed by atoms with Crippen molar-refractivity contribution in [2.75, 3.05) is 5.32 Å². The topological polar surface area (TPSA) is 72.9 Å². The molecule has 0 bridgehead atoms. The molecule has 6 heteroatoms. The Morgan fingerprint density at radius 1 is 1.22 bits per heavy atom. The van der Waals surface area contributed by atoms with Crippen molar-refractivity contribution in [1.82, 2.24) is 9.55 Å². The molecule has 0 saturated carbocycles. The maximum Gasteiger partial charge on any atom is 0.261 e. The molecular formula is C17H18N4OS. The van der Waals surface area contributed by atoms with Gasteiger partial charge in [0.05, 0.1) is 5.39 Å². The lowest BCUT2D eigenvalue weighted by Crippen LogP contribution is -2.17. The number of nitrogens with two attached hydrogens (primary N) is 1. The zero-order valence-electron chi connectivity index (χ0n) is 13.3. The largest absolute Gasteiger partial charge is 0.340 e. The van der Waals surface area contributed by atoms with Crippen molar-refractivity contribution >= 4 is 34.2 Å². The molecule has 0 spiro atoms. The summed E-state index contributed by atoms with van der Waals surface area (Å²) in [5.41, 5.74) is 2.75. The lowest BCUT2D eigenvalue weighted by atomic mass is 10.1. The van der Waals surface area contributed by atoms with Crippen LogP contribution >= 0.6 is 11.9 Å². The maximum absolute atomic E-state index is 12.5. The monoisotopic (exact) mass is 326 g/mol. The number of nitrogens with one attached hydrogen (secondary N) is 1. The first-order valence-corrected chi connectivity index (χ1v) is 8.09. The summed E-state index contributed by atoms with van der Waals surface area (Å²) in [7, 11) is 1.74. The van der Waals surface area contributed by atoms with Crippen molar-refractivity contribution in [2.24, 2.45) is 12.2 Å². The molecule has 5 nitrogen and oxygen atoms in total. The molecule has 3 rings (SSSR count). The molecular weight excluding hydrogens is 308 g/mol. The minimum Gasteiger partial charge on any atom is -0.340 e. The molecule has 0 unspecified atom stereocenters. The highest BCUT2D eigenvalue weighted by atomic mass is 32.2. The highest BCUT2D eigenvalue weighted by Crippen LogP contribution is 2.26. The Hall–Kier alpha value is -2.31. The summed E-state index contributed by atoms with van der Waals surface area (Å²) in [6, 6.07) is 9.75. The highest BCUT2D eigenvalue weighted by molar-refractivity contribution is 7.97. The number of hydrogen-bond donors (Lipinski definition) is 2. The molecule has 0 fully saturated rings. The van der Waals surface area contributed by atoms with Gasteiger partial charge in [-0.15, -0.1) is 0 Å². The molecule has 0 aliphatic carbocycles. The van der Waals surface area contributed by atoms with Crippen LogP contribution in [0.1, 0.15) is 11.3 Å². The molecule has 3 N–H and O–H groups in total. The average Bonchev–Trinajstić information content (AvgIpc) is 2.52. The van der Waals surface area contributed by atoms with Gasteiger partial charge in [0.15, 0.2) is 0 Å². The first-order valence-electron chi connectivity index (χ1n) is 7.21. The quantitative estimate of drug-likeness (QED) is 0.723. The standard InChI is InChI=1S/C17H18N4OS/c1-10-4-5-13(9-14(10)23-18)20-16-15-12(8-11(2)19-16)6-7-21(3)17(15)22/h4-9H,18H2,1-3H3,(H,19,20). The van der Waals surface area contributed by atoms with Gasteiger partial charge in [0.1, 0.15) is 5.82 Å². The SMILES string of the molecule is Cc1cc2ccn(C)c(=O)c2c(Nc2ccc(C)c(SN)c2)n1. The molecule has 0 aliphatic rings. The Bertz CT molecular complexity index is 949. The van der Waals surface area contributed by atoms with Gasteiger partial charge >= 0.3 is 0 Å². The van der Waals surface area contributed by atoms with Crippen LogP contribution in [-0.2, 0) is 7.05 Å². The molecule has 0 radical (unpaired) electrons. The minimum atomic E-state index is -0.0713. The van der Waals surface area contributed by atoms with Gasteiger partial charge in [-0.05, 0) is 61.0 Å². The zero-order chi connectivity index (χ0) is 16.6. The fourth-order valence-corrected chi connectivity index (χ4v) is 2.97. The molecule has 118 valence electrons. The van der Waals surface area contributed by atoms with E-state index in [1.54, 1.807) is 17.8 Å². The van der Waals surface area contributed by atoms with E-state index in [0.717, 1.165) is 27.2 Å². The van der Waals surface area contributed by atoms with Crippen LogP contribution in [-0.4, -0.2) is 9.55 Å². The number of fused-ring (bicyclic) bond motifs is 1. The Balaban J connectivity index is 2.16. The number of pyridine rings is 2. The van der Waals surface area contributed by atoms with Gasteiger partial charge in [0, 0.05) is 29.5 Å². The molecule has 2 aromatic heterocycles. The van der Waals surface area contributed by atoms with E-state index in [-0.39, 0.29) is 5.56 Å². The van der Waals surface area contributed by atoms with Crippen LogP contribution in [0.25, 0.3) is 10.8 Å². The summed E-state index contributed by atoms with van der Waals surface area (Å²) in [4.78, 5) is 18.0. The average molecular weight is 326 g/mol. The van der Waals surface area contributed by atoms with Gasteiger partial charge < -0.3 is 9.88 Å². The Labute approximate surface area is 138 Å². The van der Waals surface area contributed by atoms with E-state index in [1.807, 2.05) is 44.2 Å². The lowest BCUT2D eigenvalue weighted by Gasteiger charge is -2.12. The van der Waals surface area contributed by atoms with Crippen LogP contribution in [0.4, 0.5) is 11.5 Å². The molecule has 23 heavy (non-hydrogen) atoms. The van der Waals surface area contributed by atoms with Crippen molar-refractivity contribution in [3.05, 3.63) is 58.1 Å². The second kappa shape index (κ2) is 6.06. The van der Waals surface area contributed by atoms with Crippen molar-refractivity contribution in [2.45, 2.75) is 18.7 Å². The number of hydrogen-bond acceptors (Lipinski definition) is 5. The third-order valence-electron chi connectivity index (χ3n) is 3.77. The van der Waals surface area contributed by atoms with E-state index in [9.17, 15) is 4.79 Å². The molecule has 0 aliphatic heterocycles. The van der Waals surface area contributed by atoms with Crippen LogP contribution in [0.3, 0.4) is 0 Å². The van der Waals surface area contributed by atoms with Crippen molar-refractivity contribution in [1.29, 1.82) is 0 Å². The third kappa shape index (κ3) is 2.95. The molecule has 2 heterocycles. The van der Waals surface area contributed by atoms with Gasteiger partial charge in [-0.25, -0.2) is 4.98 Å². The molecule has 0 atom stereocenters. The lowest BCUT2D eigenvalue weighted by molar-refractivity contribution is 0.872. The Morgan fingerprint density at radius 2 is 2.00 bits per heavy atom. The van der Waals surface area contributed by atoms with Gasteiger partial charge in [-0.1, -0.05) is 6.07 Å². The van der Waals surface area contributed by atoms with E-state index >= 15 is 0 Å².